The van der Waals surface area contributed by atoms with Gasteiger partial charge in [-0.1, -0.05) is 31.5 Å². The predicted octanol–water partition coefficient (Wildman–Crippen LogP) is 3.67. The minimum absolute atomic E-state index is 0.221. The van der Waals surface area contributed by atoms with Crippen molar-refractivity contribution in [1.82, 2.24) is 15.3 Å². The number of piperidine rings is 1. The highest BCUT2D eigenvalue weighted by Gasteiger charge is 2.35. The van der Waals surface area contributed by atoms with Crippen LogP contribution in [0.5, 0.6) is 0 Å². The van der Waals surface area contributed by atoms with E-state index in [4.69, 9.17) is 11.6 Å². The first kappa shape index (κ1) is 12.0. The van der Waals surface area contributed by atoms with Crippen LogP contribution in [0.1, 0.15) is 38.6 Å². The van der Waals surface area contributed by atoms with Crippen LogP contribution in [0.15, 0.2) is 18.2 Å². The van der Waals surface area contributed by atoms with E-state index in [0.29, 0.717) is 5.02 Å². The zero-order valence-corrected chi connectivity index (χ0v) is 11.5. The Morgan fingerprint density at radius 1 is 1.39 bits per heavy atom. The van der Waals surface area contributed by atoms with Crippen molar-refractivity contribution in [3.05, 3.63) is 29.0 Å². The summed E-state index contributed by atoms with van der Waals surface area (Å²) in [7, 11) is 0. The minimum Gasteiger partial charge on any atom is -0.341 e. The summed E-state index contributed by atoms with van der Waals surface area (Å²) < 4.78 is 0. The molecule has 3 nitrogen and oxygen atoms in total. The van der Waals surface area contributed by atoms with Gasteiger partial charge in [-0.05, 0) is 36.9 Å². The van der Waals surface area contributed by atoms with Crippen molar-refractivity contribution in [2.45, 2.75) is 32.7 Å². The van der Waals surface area contributed by atoms with E-state index < -0.39 is 0 Å². The molecular formula is C14H18ClN3. The van der Waals surface area contributed by atoms with Gasteiger partial charge in [0, 0.05) is 0 Å². The Bertz CT molecular complexity index is 573. The Kier molecular flexibility index (Phi) is 2.83. The van der Waals surface area contributed by atoms with Gasteiger partial charge >= 0.3 is 0 Å². The molecule has 1 fully saturated rings. The average molecular weight is 264 g/mol. The molecule has 0 amide bonds. The van der Waals surface area contributed by atoms with Crippen LogP contribution in [0, 0.1) is 5.41 Å². The van der Waals surface area contributed by atoms with E-state index >= 15 is 0 Å². The van der Waals surface area contributed by atoms with E-state index in [0.717, 1.165) is 23.4 Å². The van der Waals surface area contributed by atoms with Gasteiger partial charge in [-0.2, -0.15) is 0 Å². The highest BCUT2D eigenvalue weighted by molar-refractivity contribution is 6.34. The summed E-state index contributed by atoms with van der Waals surface area (Å²) in [6.45, 7) is 5.64. The topological polar surface area (TPSA) is 40.7 Å². The summed E-state index contributed by atoms with van der Waals surface area (Å²) in [5, 5.41) is 4.28. The number of hydrogen-bond acceptors (Lipinski definition) is 2. The number of nitrogens with one attached hydrogen (secondary N) is 2. The smallest absolute Gasteiger partial charge is 0.125 e. The zero-order chi connectivity index (χ0) is 12.8. The van der Waals surface area contributed by atoms with Crippen molar-refractivity contribution in [3.63, 3.8) is 0 Å². The molecule has 0 aliphatic carbocycles. The van der Waals surface area contributed by atoms with Crippen LogP contribution in [-0.2, 0) is 0 Å². The fourth-order valence-corrected chi connectivity index (χ4v) is 3.05. The molecule has 1 unspecified atom stereocenters. The summed E-state index contributed by atoms with van der Waals surface area (Å²) in [5.41, 5.74) is 2.11. The molecule has 2 N–H and O–H groups in total. The molecule has 4 heteroatoms. The maximum atomic E-state index is 6.18. The number of rotatable bonds is 1. The highest BCUT2D eigenvalue weighted by Crippen LogP contribution is 2.39. The normalized spacial score (nSPS) is 23.4. The molecule has 3 rings (SSSR count). The Morgan fingerprint density at radius 2 is 2.22 bits per heavy atom. The minimum atomic E-state index is 0.221. The average Bonchev–Trinajstić information content (AvgIpc) is 2.73. The Hall–Kier alpha value is -1.06. The third-order valence-electron chi connectivity index (χ3n) is 3.88. The van der Waals surface area contributed by atoms with Crippen molar-refractivity contribution in [2.75, 3.05) is 6.54 Å². The van der Waals surface area contributed by atoms with Gasteiger partial charge in [-0.15, -0.1) is 0 Å². The lowest BCUT2D eigenvalue weighted by Gasteiger charge is -2.38. The summed E-state index contributed by atoms with van der Waals surface area (Å²) >= 11 is 6.18. The van der Waals surface area contributed by atoms with E-state index in [2.05, 4.69) is 29.1 Å². The number of para-hydroxylation sites is 1. The first-order valence-corrected chi connectivity index (χ1v) is 6.83. The number of aromatic nitrogens is 2. The third-order valence-corrected chi connectivity index (χ3v) is 4.19. The second kappa shape index (κ2) is 4.25. The first-order chi connectivity index (χ1) is 8.58. The molecule has 0 radical (unpaired) electrons. The molecule has 96 valence electrons. The molecule has 0 saturated carbocycles. The van der Waals surface area contributed by atoms with E-state index in [9.17, 15) is 0 Å². The first-order valence-electron chi connectivity index (χ1n) is 6.45. The number of hydrogen-bond donors (Lipinski definition) is 2. The fourth-order valence-electron chi connectivity index (χ4n) is 2.83. The maximum Gasteiger partial charge on any atom is 0.125 e. The van der Waals surface area contributed by atoms with Crippen LogP contribution in [0.25, 0.3) is 11.0 Å². The molecule has 2 heterocycles. The van der Waals surface area contributed by atoms with E-state index in [1.165, 1.54) is 12.8 Å². The summed E-state index contributed by atoms with van der Waals surface area (Å²) in [6.07, 6.45) is 2.44. The molecule has 1 aromatic carbocycles. The van der Waals surface area contributed by atoms with Crippen molar-refractivity contribution < 1.29 is 0 Å². The van der Waals surface area contributed by atoms with Crippen molar-refractivity contribution in [3.8, 4) is 0 Å². The second-order valence-electron chi connectivity index (χ2n) is 5.74. The number of nitrogens with zero attached hydrogens (tertiary/aromatic N) is 1. The molecule has 1 aliphatic heterocycles. The molecule has 1 atom stereocenters. The second-order valence-corrected chi connectivity index (χ2v) is 6.14. The lowest BCUT2D eigenvalue weighted by molar-refractivity contribution is 0.175. The molecule has 0 spiro atoms. The Labute approximate surface area is 112 Å². The number of H-pyrrole nitrogens is 1. The Morgan fingerprint density at radius 3 is 2.94 bits per heavy atom. The van der Waals surface area contributed by atoms with Gasteiger partial charge in [-0.25, -0.2) is 4.98 Å². The highest BCUT2D eigenvalue weighted by atomic mass is 35.5. The fraction of sp³-hybridized carbons (Fsp3) is 0.500. The van der Waals surface area contributed by atoms with Gasteiger partial charge in [-0.3, -0.25) is 0 Å². The molecular weight excluding hydrogens is 246 g/mol. The molecule has 2 aromatic rings. The van der Waals surface area contributed by atoms with Gasteiger partial charge in [0.1, 0.15) is 11.3 Å². The van der Waals surface area contributed by atoms with Gasteiger partial charge in [0.25, 0.3) is 0 Å². The van der Waals surface area contributed by atoms with Crippen molar-refractivity contribution >= 4 is 22.6 Å². The predicted molar refractivity (Wildman–Crippen MR) is 74.9 cm³/mol. The van der Waals surface area contributed by atoms with Gasteiger partial charge < -0.3 is 10.3 Å². The Balaban J connectivity index is 2.06. The van der Waals surface area contributed by atoms with E-state index in [1.54, 1.807) is 0 Å². The summed E-state index contributed by atoms with van der Waals surface area (Å²) in [6, 6.07) is 6.13. The summed E-state index contributed by atoms with van der Waals surface area (Å²) in [4.78, 5) is 8.09. The summed E-state index contributed by atoms with van der Waals surface area (Å²) in [5.74, 6) is 1.00. The van der Waals surface area contributed by atoms with Crippen LogP contribution in [0.2, 0.25) is 5.02 Å². The van der Waals surface area contributed by atoms with Gasteiger partial charge in [0.2, 0.25) is 0 Å². The number of benzene rings is 1. The number of aromatic amines is 1. The number of imidazole rings is 1. The van der Waals surface area contributed by atoms with Crippen molar-refractivity contribution in [1.29, 1.82) is 0 Å². The number of fused-ring (bicyclic) bond motifs is 1. The molecule has 18 heavy (non-hydrogen) atoms. The largest absolute Gasteiger partial charge is 0.341 e. The van der Waals surface area contributed by atoms with Crippen LogP contribution in [0.3, 0.4) is 0 Å². The van der Waals surface area contributed by atoms with Gasteiger partial charge in [0.05, 0.1) is 16.6 Å². The molecule has 1 saturated heterocycles. The molecule has 0 bridgehead atoms. The lowest BCUT2D eigenvalue weighted by atomic mass is 9.77. The van der Waals surface area contributed by atoms with Crippen LogP contribution < -0.4 is 5.32 Å². The van der Waals surface area contributed by atoms with Crippen LogP contribution in [0.4, 0.5) is 0 Å². The molecule has 1 aliphatic rings. The third kappa shape index (κ3) is 1.91. The van der Waals surface area contributed by atoms with Crippen molar-refractivity contribution in [2.24, 2.45) is 5.41 Å². The van der Waals surface area contributed by atoms with E-state index in [-0.39, 0.29) is 11.5 Å². The maximum absolute atomic E-state index is 6.18. The monoisotopic (exact) mass is 263 g/mol. The molecule has 1 aromatic heterocycles. The van der Waals surface area contributed by atoms with E-state index in [1.807, 2.05) is 18.2 Å². The standard InChI is InChI=1S/C14H18ClN3/c1-14(2)7-4-8-16-12(14)13-17-10-6-3-5-9(15)11(10)18-13/h3,5-6,12,16H,4,7-8H2,1-2H3,(H,17,18). The zero-order valence-electron chi connectivity index (χ0n) is 10.8. The van der Waals surface area contributed by atoms with Crippen LogP contribution in [-0.4, -0.2) is 16.5 Å². The quantitative estimate of drug-likeness (QED) is 0.824. The van der Waals surface area contributed by atoms with Gasteiger partial charge in [0.15, 0.2) is 0 Å². The lowest BCUT2D eigenvalue weighted by Crippen LogP contribution is -2.40. The number of halogens is 1. The van der Waals surface area contributed by atoms with Crippen LogP contribution >= 0.6 is 11.6 Å². The SMILES string of the molecule is CC1(C)CCCNC1c1nc2c(Cl)cccc2[nH]1.